The van der Waals surface area contributed by atoms with E-state index in [1.165, 1.54) is 17.1 Å². The third kappa shape index (κ3) is 3.19. The van der Waals surface area contributed by atoms with Gasteiger partial charge < -0.3 is 0 Å². The summed E-state index contributed by atoms with van der Waals surface area (Å²) in [4.78, 5) is 25.0. The fraction of sp³-hybridized carbons (Fsp3) is 0.357. The van der Waals surface area contributed by atoms with Gasteiger partial charge in [-0.3, -0.25) is 19.2 Å². The molecule has 2 rings (SSSR count). The lowest BCUT2D eigenvalue weighted by Gasteiger charge is -2.31. The van der Waals surface area contributed by atoms with E-state index in [0.717, 1.165) is 5.56 Å². The fourth-order valence-corrected chi connectivity index (χ4v) is 1.90. The maximum absolute atomic E-state index is 12.0. The predicted octanol–water partition coefficient (Wildman–Crippen LogP) is 1.38. The van der Waals surface area contributed by atoms with Crippen LogP contribution in [0, 0.1) is 5.41 Å². The Balaban J connectivity index is 2.10. The molecule has 5 heteroatoms. The molecule has 0 radical (unpaired) electrons. The first-order valence-corrected chi connectivity index (χ1v) is 6.09. The van der Waals surface area contributed by atoms with Crippen molar-refractivity contribution in [3.05, 3.63) is 36.2 Å². The molecule has 0 saturated heterocycles. The molecule has 0 bridgehead atoms. The summed E-state index contributed by atoms with van der Waals surface area (Å²) in [6, 6.07) is 0. The normalized spacial score (nSPS) is 18.3. The number of hydrogen-bond donors (Lipinski definition) is 0. The van der Waals surface area contributed by atoms with Crippen LogP contribution in [-0.4, -0.2) is 33.0 Å². The fourth-order valence-electron chi connectivity index (χ4n) is 1.90. The molecule has 100 valence electrons. The lowest BCUT2D eigenvalue weighted by Crippen LogP contribution is -2.43. The number of imide groups is 1. The number of carbonyl (C=O) groups is 2. The van der Waals surface area contributed by atoms with Crippen LogP contribution in [0.15, 0.2) is 30.6 Å². The van der Waals surface area contributed by atoms with Crippen molar-refractivity contribution in [3.8, 4) is 0 Å². The Morgan fingerprint density at radius 1 is 1.47 bits per heavy atom. The van der Waals surface area contributed by atoms with Crippen LogP contribution in [0.25, 0.3) is 6.08 Å². The van der Waals surface area contributed by atoms with E-state index in [1.807, 2.05) is 19.9 Å². The van der Waals surface area contributed by atoms with Gasteiger partial charge in [-0.15, -0.1) is 0 Å². The number of aryl methyl sites for hydroxylation is 1. The maximum atomic E-state index is 12.0. The Kier molecular flexibility index (Phi) is 3.38. The Morgan fingerprint density at radius 2 is 2.21 bits per heavy atom. The highest BCUT2D eigenvalue weighted by molar-refractivity contribution is 6.07. The molecule has 0 spiro atoms. The molecule has 1 aromatic heterocycles. The summed E-state index contributed by atoms with van der Waals surface area (Å²) in [5.74, 6) is -0.563. The van der Waals surface area contributed by atoms with Crippen molar-refractivity contribution >= 4 is 17.9 Å². The molecule has 0 unspecified atom stereocenters. The number of hydrogen-bond acceptors (Lipinski definition) is 3. The molecule has 0 N–H and O–H groups in total. The molecule has 0 saturated carbocycles. The highest BCUT2D eigenvalue weighted by atomic mass is 16.2. The molecular weight excluding hydrogens is 242 g/mol. The number of aromatic nitrogens is 2. The lowest BCUT2D eigenvalue weighted by molar-refractivity contribution is -0.140. The van der Waals surface area contributed by atoms with E-state index >= 15 is 0 Å². The van der Waals surface area contributed by atoms with Crippen LogP contribution in [0.1, 0.15) is 19.4 Å². The summed E-state index contributed by atoms with van der Waals surface area (Å²) < 4.78 is 1.65. The van der Waals surface area contributed by atoms with Crippen molar-refractivity contribution < 1.29 is 9.59 Å². The zero-order valence-electron chi connectivity index (χ0n) is 11.3. The van der Waals surface area contributed by atoms with Gasteiger partial charge in [-0.2, -0.15) is 5.10 Å². The largest absolute Gasteiger partial charge is 0.275 e. The van der Waals surface area contributed by atoms with Crippen LogP contribution in [0.4, 0.5) is 0 Å². The summed E-state index contributed by atoms with van der Waals surface area (Å²) >= 11 is 0. The van der Waals surface area contributed by atoms with E-state index in [9.17, 15) is 9.59 Å². The minimum atomic E-state index is -0.300. The summed E-state index contributed by atoms with van der Waals surface area (Å²) in [7, 11) is 1.81. The van der Waals surface area contributed by atoms with Gasteiger partial charge in [-0.25, -0.2) is 0 Å². The zero-order chi connectivity index (χ0) is 14.0. The van der Waals surface area contributed by atoms with Gasteiger partial charge in [0.1, 0.15) is 0 Å². The van der Waals surface area contributed by atoms with E-state index in [0.29, 0.717) is 6.54 Å². The van der Waals surface area contributed by atoms with Gasteiger partial charge in [0.15, 0.2) is 0 Å². The topological polar surface area (TPSA) is 55.2 Å². The van der Waals surface area contributed by atoms with Gasteiger partial charge >= 0.3 is 0 Å². The molecule has 2 amide bonds. The van der Waals surface area contributed by atoms with Gasteiger partial charge in [-0.05, 0) is 6.08 Å². The van der Waals surface area contributed by atoms with Crippen LogP contribution >= 0.6 is 0 Å². The number of rotatable bonds is 2. The molecule has 1 aliphatic heterocycles. The molecule has 0 aliphatic carbocycles. The third-order valence-corrected chi connectivity index (χ3v) is 2.92. The summed E-state index contributed by atoms with van der Waals surface area (Å²) in [6.45, 7) is 4.38. The maximum Gasteiger partial charge on any atom is 0.253 e. The Labute approximate surface area is 112 Å². The predicted molar refractivity (Wildman–Crippen MR) is 71.9 cm³/mol. The van der Waals surface area contributed by atoms with E-state index < -0.39 is 0 Å². The highest BCUT2D eigenvalue weighted by Gasteiger charge is 2.29. The molecule has 0 fully saturated rings. The first-order valence-electron chi connectivity index (χ1n) is 6.09. The number of nitrogens with zero attached hydrogens (tertiary/aromatic N) is 3. The smallest absolute Gasteiger partial charge is 0.253 e. The van der Waals surface area contributed by atoms with Gasteiger partial charge in [0, 0.05) is 42.9 Å². The zero-order valence-corrected chi connectivity index (χ0v) is 11.3. The minimum absolute atomic E-state index is 0.175. The summed E-state index contributed by atoms with van der Waals surface area (Å²) in [5, 5.41) is 4.01. The molecular formula is C14H17N3O2. The number of carbonyl (C=O) groups excluding carboxylic acids is 2. The molecule has 2 heterocycles. The standard InChI is InChI=1S/C14H17N3O2/c1-14(2)7-6-13(19)17(10-14)12(18)5-4-11-8-15-16(3)9-11/h4-9H,10H2,1-3H3/b5-4+. The summed E-state index contributed by atoms with van der Waals surface area (Å²) in [5.41, 5.74) is 0.654. The van der Waals surface area contributed by atoms with Crippen LogP contribution < -0.4 is 0 Å². The van der Waals surface area contributed by atoms with Crippen LogP contribution in [0.2, 0.25) is 0 Å². The first-order chi connectivity index (χ1) is 8.87. The van der Waals surface area contributed by atoms with Crippen molar-refractivity contribution in [3.63, 3.8) is 0 Å². The van der Waals surface area contributed by atoms with E-state index in [-0.39, 0.29) is 17.2 Å². The second-order valence-electron chi connectivity index (χ2n) is 5.37. The van der Waals surface area contributed by atoms with Crippen LogP contribution in [-0.2, 0) is 16.6 Å². The van der Waals surface area contributed by atoms with Crippen LogP contribution in [0.5, 0.6) is 0 Å². The van der Waals surface area contributed by atoms with Gasteiger partial charge in [0.2, 0.25) is 0 Å². The van der Waals surface area contributed by atoms with Crippen molar-refractivity contribution in [2.45, 2.75) is 13.8 Å². The highest BCUT2D eigenvalue weighted by Crippen LogP contribution is 2.23. The van der Waals surface area contributed by atoms with Gasteiger partial charge in [-0.1, -0.05) is 19.9 Å². The van der Waals surface area contributed by atoms with E-state index in [4.69, 9.17) is 0 Å². The van der Waals surface area contributed by atoms with Crippen molar-refractivity contribution in [2.24, 2.45) is 12.5 Å². The second-order valence-corrected chi connectivity index (χ2v) is 5.37. The number of amides is 2. The second kappa shape index (κ2) is 4.84. The average Bonchev–Trinajstić information content (AvgIpc) is 2.75. The van der Waals surface area contributed by atoms with Crippen molar-refractivity contribution in [1.82, 2.24) is 14.7 Å². The van der Waals surface area contributed by atoms with E-state index in [1.54, 1.807) is 30.2 Å². The Hall–Kier alpha value is -2.17. The Morgan fingerprint density at radius 3 is 2.84 bits per heavy atom. The summed E-state index contributed by atoms with van der Waals surface area (Å²) in [6.07, 6.45) is 9.82. The third-order valence-electron chi connectivity index (χ3n) is 2.92. The molecule has 0 atom stereocenters. The average molecular weight is 259 g/mol. The van der Waals surface area contributed by atoms with Gasteiger partial charge in [0.05, 0.1) is 6.20 Å². The lowest BCUT2D eigenvalue weighted by atomic mass is 9.89. The first kappa shape index (κ1) is 13.3. The van der Waals surface area contributed by atoms with Crippen LogP contribution in [0.3, 0.4) is 0 Å². The molecule has 19 heavy (non-hydrogen) atoms. The molecule has 1 aliphatic rings. The molecule has 1 aromatic rings. The van der Waals surface area contributed by atoms with Crippen molar-refractivity contribution in [2.75, 3.05) is 6.54 Å². The van der Waals surface area contributed by atoms with E-state index in [2.05, 4.69) is 5.10 Å². The Bertz CT molecular complexity index is 567. The van der Waals surface area contributed by atoms with Gasteiger partial charge in [0.25, 0.3) is 11.8 Å². The molecule has 0 aromatic carbocycles. The SMILES string of the molecule is Cn1cc(/C=C/C(=O)N2CC(C)(C)C=CC2=O)cn1. The van der Waals surface area contributed by atoms with Crippen molar-refractivity contribution in [1.29, 1.82) is 0 Å². The molecule has 5 nitrogen and oxygen atoms in total. The minimum Gasteiger partial charge on any atom is -0.275 e. The quantitative estimate of drug-likeness (QED) is 0.754. The monoisotopic (exact) mass is 259 g/mol.